The van der Waals surface area contributed by atoms with Crippen LogP contribution in [0.5, 0.6) is 0 Å². The summed E-state index contributed by atoms with van der Waals surface area (Å²) in [6.45, 7) is 6.76. The summed E-state index contributed by atoms with van der Waals surface area (Å²) in [6.07, 6.45) is 4.48. The highest BCUT2D eigenvalue weighted by Crippen LogP contribution is 2.36. The molecule has 1 atom stereocenters. The van der Waals surface area contributed by atoms with Crippen molar-refractivity contribution in [2.24, 2.45) is 5.92 Å². The molecule has 2 aliphatic rings. The van der Waals surface area contributed by atoms with Gasteiger partial charge in [-0.2, -0.15) is 0 Å². The molecule has 1 saturated heterocycles. The van der Waals surface area contributed by atoms with Crippen molar-refractivity contribution in [3.63, 3.8) is 0 Å². The Morgan fingerprint density at radius 2 is 1.93 bits per heavy atom. The first-order valence-corrected chi connectivity index (χ1v) is 10.1. The molecule has 144 valence electrons. The van der Waals surface area contributed by atoms with Crippen molar-refractivity contribution in [1.29, 1.82) is 0 Å². The summed E-state index contributed by atoms with van der Waals surface area (Å²) in [5.74, 6) is 0.619. The fourth-order valence-electron chi connectivity index (χ4n) is 4.09. The van der Waals surface area contributed by atoms with Gasteiger partial charge in [0, 0.05) is 12.6 Å². The zero-order valence-corrected chi connectivity index (χ0v) is 16.3. The lowest BCUT2D eigenvalue weighted by Gasteiger charge is -2.29. The fraction of sp³-hybridized carbons (Fsp3) is 0.571. The van der Waals surface area contributed by atoms with Crippen LogP contribution in [0.25, 0.3) is 0 Å². The molecule has 1 unspecified atom stereocenters. The largest absolute Gasteiger partial charge is 0.330 e. The van der Waals surface area contributed by atoms with Crippen molar-refractivity contribution in [2.45, 2.75) is 58.2 Å². The molecule has 0 bridgehead atoms. The summed E-state index contributed by atoms with van der Waals surface area (Å²) in [6, 6.07) is 10.8. The predicted molar refractivity (Wildman–Crippen MR) is 104 cm³/mol. The number of nitrogens with one attached hydrogen (secondary N) is 1. The van der Waals surface area contributed by atoms with E-state index in [1.165, 1.54) is 12.8 Å². The topological polar surface area (TPSA) is 63.1 Å². The van der Waals surface area contributed by atoms with Gasteiger partial charge in [-0.05, 0) is 64.1 Å². The van der Waals surface area contributed by atoms with Crippen LogP contribution >= 0.6 is 0 Å². The van der Waals surface area contributed by atoms with Gasteiger partial charge in [0.05, 0.1) is 11.7 Å². The van der Waals surface area contributed by atoms with Gasteiger partial charge in [0.2, 0.25) is 0 Å². The Balaban J connectivity index is 1.58. The highest BCUT2D eigenvalue weighted by Gasteiger charge is 2.36. The number of aromatic nitrogens is 3. The Kier molecular flexibility index (Phi) is 5.25. The van der Waals surface area contributed by atoms with Crippen molar-refractivity contribution < 1.29 is 4.79 Å². The van der Waals surface area contributed by atoms with Crippen molar-refractivity contribution in [3.05, 3.63) is 47.3 Å². The Labute approximate surface area is 160 Å². The van der Waals surface area contributed by atoms with Crippen molar-refractivity contribution in [1.82, 2.24) is 25.2 Å². The van der Waals surface area contributed by atoms with Gasteiger partial charge in [-0.25, -0.2) is 4.68 Å². The first-order valence-electron chi connectivity index (χ1n) is 10.1. The second-order valence-corrected chi connectivity index (χ2v) is 7.95. The number of nitrogens with zero attached hydrogens (tertiary/aromatic N) is 4. The smallest absolute Gasteiger partial charge is 0.276 e. The minimum Gasteiger partial charge on any atom is -0.330 e. The van der Waals surface area contributed by atoms with E-state index < -0.39 is 0 Å². The Hall–Kier alpha value is -2.21. The molecule has 1 N–H and O–H groups in total. The Morgan fingerprint density at radius 1 is 1.22 bits per heavy atom. The third-order valence-corrected chi connectivity index (χ3v) is 6.04. The van der Waals surface area contributed by atoms with E-state index in [1.54, 1.807) is 0 Å². The van der Waals surface area contributed by atoms with E-state index in [0.717, 1.165) is 37.2 Å². The van der Waals surface area contributed by atoms with Gasteiger partial charge in [0.1, 0.15) is 0 Å². The number of hydrogen-bond donors (Lipinski definition) is 1. The summed E-state index contributed by atoms with van der Waals surface area (Å²) in [7, 11) is 0. The maximum Gasteiger partial charge on any atom is 0.276 e. The third kappa shape index (κ3) is 3.90. The lowest BCUT2D eigenvalue weighted by molar-refractivity contribution is 0.0647. The molecule has 0 spiro atoms. The molecule has 0 radical (unpaired) electrons. The molecule has 1 saturated carbocycles. The highest BCUT2D eigenvalue weighted by molar-refractivity contribution is 5.93. The van der Waals surface area contributed by atoms with E-state index in [1.807, 2.05) is 34.7 Å². The summed E-state index contributed by atoms with van der Waals surface area (Å²) < 4.78 is 1.97. The number of hydrogen-bond acceptors (Lipinski definition) is 4. The van der Waals surface area contributed by atoms with Gasteiger partial charge < -0.3 is 10.2 Å². The van der Waals surface area contributed by atoms with Crippen LogP contribution in [-0.2, 0) is 6.54 Å². The normalized spacial score (nSPS) is 19.0. The quantitative estimate of drug-likeness (QED) is 0.853. The molecule has 1 aromatic heterocycles. The number of amides is 1. The van der Waals surface area contributed by atoms with E-state index in [2.05, 4.69) is 34.7 Å². The standard InChI is InChI=1S/C21H29N5O/c1-15(18-8-9-18)25(14-17-6-4-3-5-7-17)21(27)20-16(2)26(24-23-20)19-10-12-22-13-11-19/h3-7,15,18-19,22H,8-14H2,1-2H3. The van der Waals surface area contributed by atoms with Gasteiger partial charge in [0.15, 0.2) is 5.69 Å². The van der Waals surface area contributed by atoms with E-state index >= 15 is 0 Å². The van der Waals surface area contributed by atoms with Gasteiger partial charge in [-0.3, -0.25) is 4.79 Å². The maximum absolute atomic E-state index is 13.4. The van der Waals surface area contributed by atoms with Crippen molar-refractivity contribution in [3.8, 4) is 0 Å². The van der Waals surface area contributed by atoms with Gasteiger partial charge in [0.25, 0.3) is 5.91 Å². The molecule has 27 heavy (non-hydrogen) atoms. The average molecular weight is 367 g/mol. The SMILES string of the molecule is Cc1c(C(=O)N(Cc2ccccc2)C(C)C2CC2)nnn1C1CCNCC1. The first-order chi connectivity index (χ1) is 13.1. The highest BCUT2D eigenvalue weighted by atomic mass is 16.2. The van der Waals surface area contributed by atoms with E-state index in [0.29, 0.717) is 24.2 Å². The van der Waals surface area contributed by atoms with Crippen LogP contribution in [0.4, 0.5) is 0 Å². The molecule has 2 fully saturated rings. The van der Waals surface area contributed by atoms with Crippen LogP contribution in [0, 0.1) is 12.8 Å². The number of carbonyl (C=O) groups is 1. The minimum atomic E-state index is 0.0101. The second kappa shape index (κ2) is 7.80. The lowest BCUT2D eigenvalue weighted by atomic mass is 10.1. The van der Waals surface area contributed by atoms with E-state index in [4.69, 9.17) is 0 Å². The monoisotopic (exact) mass is 367 g/mol. The molecule has 1 amide bonds. The van der Waals surface area contributed by atoms with Crippen molar-refractivity contribution >= 4 is 5.91 Å². The van der Waals surface area contributed by atoms with E-state index in [9.17, 15) is 4.79 Å². The fourth-order valence-corrected chi connectivity index (χ4v) is 4.09. The second-order valence-electron chi connectivity index (χ2n) is 7.95. The van der Waals surface area contributed by atoms with Crippen LogP contribution in [0.3, 0.4) is 0 Å². The van der Waals surface area contributed by atoms with Gasteiger partial charge in [-0.1, -0.05) is 35.5 Å². The van der Waals surface area contributed by atoms with Crippen LogP contribution in [0.2, 0.25) is 0 Å². The number of piperidine rings is 1. The molecule has 2 heterocycles. The third-order valence-electron chi connectivity index (χ3n) is 6.04. The van der Waals surface area contributed by atoms with Crippen LogP contribution < -0.4 is 5.32 Å². The number of carbonyl (C=O) groups excluding carboxylic acids is 1. The lowest BCUT2D eigenvalue weighted by Crippen LogP contribution is -2.40. The van der Waals surface area contributed by atoms with Gasteiger partial charge in [-0.15, -0.1) is 5.10 Å². The first kappa shape index (κ1) is 18.2. The van der Waals surface area contributed by atoms with Gasteiger partial charge >= 0.3 is 0 Å². The Morgan fingerprint density at radius 3 is 2.59 bits per heavy atom. The summed E-state index contributed by atoms with van der Waals surface area (Å²) in [5, 5.41) is 12.1. The van der Waals surface area contributed by atoms with Crippen molar-refractivity contribution in [2.75, 3.05) is 13.1 Å². The average Bonchev–Trinajstić information content (AvgIpc) is 3.49. The molecule has 1 aromatic carbocycles. The molecule has 1 aliphatic carbocycles. The molecular formula is C21H29N5O. The van der Waals surface area contributed by atoms with Crippen LogP contribution in [0.1, 0.15) is 60.4 Å². The van der Waals surface area contributed by atoms with E-state index in [-0.39, 0.29) is 11.9 Å². The minimum absolute atomic E-state index is 0.0101. The molecule has 4 rings (SSSR count). The zero-order valence-electron chi connectivity index (χ0n) is 16.3. The summed E-state index contributed by atoms with van der Waals surface area (Å²) >= 11 is 0. The molecule has 6 heteroatoms. The predicted octanol–water partition coefficient (Wildman–Crippen LogP) is 2.95. The van der Waals surface area contributed by atoms with Crippen LogP contribution in [0.15, 0.2) is 30.3 Å². The Bertz CT molecular complexity index is 777. The number of rotatable bonds is 6. The molecule has 6 nitrogen and oxygen atoms in total. The number of benzene rings is 1. The zero-order chi connectivity index (χ0) is 18.8. The summed E-state index contributed by atoms with van der Waals surface area (Å²) in [4.78, 5) is 15.4. The molecule has 1 aliphatic heterocycles. The maximum atomic E-state index is 13.4. The molecule has 2 aromatic rings. The summed E-state index contributed by atoms with van der Waals surface area (Å²) in [5.41, 5.74) is 2.56. The van der Waals surface area contributed by atoms with Crippen LogP contribution in [-0.4, -0.2) is 44.9 Å². The molecular weight excluding hydrogens is 338 g/mol.